The molecular weight excluding hydrogens is 190 g/mol. The van der Waals surface area contributed by atoms with E-state index in [2.05, 4.69) is 46.8 Å². The highest BCUT2D eigenvalue weighted by molar-refractivity contribution is 7.17. The molecular formula is C12H11NS. The lowest BCUT2D eigenvalue weighted by atomic mass is 10.2. The molecule has 1 nitrogen and oxygen atoms in total. The zero-order chi connectivity index (χ0) is 9.80. The van der Waals surface area contributed by atoms with E-state index in [-0.39, 0.29) is 0 Å². The highest BCUT2D eigenvalue weighted by Gasteiger charge is 1.98. The monoisotopic (exact) mass is 201 g/mol. The maximum atomic E-state index is 3.17. The molecule has 1 aromatic carbocycles. The number of fused-ring (bicyclic) bond motifs is 1. The topological polar surface area (TPSA) is 12.0 Å². The van der Waals surface area contributed by atoms with Gasteiger partial charge in [-0.15, -0.1) is 11.3 Å². The lowest BCUT2D eigenvalue weighted by Crippen LogP contribution is -2.04. The lowest BCUT2D eigenvalue weighted by Gasteiger charge is -1.88. The van der Waals surface area contributed by atoms with Crippen LogP contribution in [0.3, 0.4) is 0 Å². The smallest absolute Gasteiger partial charge is 0.0577 e. The van der Waals surface area contributed by atoms with E-state index < -0.39 is 0 Å². The quantitative estimate of drug-likeness (QED) is 0.699. The van der Waals surface area contributed by atoms with Crippen molar-refractivity contribution in [3.8, 4) is 11.8 Å². The van der Waals surface area contributed by atoms with Gasteiger partial charge in [0.15, 0.2) is 0 Å². The van der Waals surface area contributed by atoms with Crippen LogP contribution in [0.1, 0.15) is 5.56 Å². The molecule has 0 spiro atoms. The van der Waals surface area contributed by atoms with Crippen LogP contribution in [0.25, 0.3) is 10.1 Å². The number of nitrogens with one attached hydrogen (secondary N) is 1. The Balaban J connectivity index is 2.40. The third kappa shape index (κ3) is 1.79. The van der Waals surface area contributed by atoms with Crippen LogP contribution >= 0.6 is 11.3 Å². The van der Waals surface area contributed by atoms with Crippen molar-refractivity contribution in [3.63, 3.8) is 0 Å². The standard InChI is InChI=1S/C12H11NS/c1-13-8-4-5-10-9-14-12-7-3-2-6-11(10)12/h2-3,6-7,9,13H,8H2,1H3. The van der Waals surface area contributed by atoms with Crippen LogP contribution in [0.15, 0.2) is 29.6 Å². The van der Waals surface area contributed by atoms with E-state index in [4.69, 9.17) is 0 Å². The second-order valence-corrected chi connectivity index (χ2v) is 3.89. The highest BCUT2D eigenvalue weighted by atomic mass is 32.1. The molecule has 1 N–H and O–H groups in total. The summed E-state index contributed by atoms with van der Waals surface area (Å²) in [7, 11) is 1.90. The van der Waals surface area contributed by atoms with Crippen molar-refractivity contribution >= 4 is 21.4 Å². The van der Waals surface area contributed by atoms with E-state index >= 15 is 0 Å². The van der Waals surface area contributed by atoms with Crippen LogP contribution in [-0.2, 0) is 0 Å². The first-order valence-electron chi connectivity index (χ1n) is 4.51. The molecule has 0 bridgehead atoms. The zero-order valence-electron chi connectivity index (χ0n) is 8.00. The van der Waals surface area contributed by atoms with Gasteiger partial charge in [-0.1, -0.05) is 30.0 Å². The molecule has 2 heteroatoms. The van der Waals surface area contributed by atoms with Gasteiger partial charge in [0, 0.05) is 21.0 Å². The Morgan fingerprint density at radius 2 is 2.21 bits per heavy atom. The fourth-order valence-corrected chi connectivity index (χ4v) is 2.20. The molecule has 0 saturated heterocycles. The molecule has 14 heavy (non-hydrogen) atoms. The second-order valence-electron chi connectivity index (χ2n) is 2.98. The predicted octanol–water partition coefficient (Wildman–Crippen LogP) is 2.47. The van der Waals surface area contributed by atoms with Gasteiger partial charge < -0.3 is 5.32 Å². The van der Waals surface area contributed by atoms with Gasteiger partial charge in [-0.05, 0) is 13.1 Å². The van der Waals surface area contributed by atoms with Crippen LogP contribution < -0.4 is 5.32 Å². The van der Waals surface area contributed by atoms with Gasteiger partial charge in [-0.3, -0.25) is 0 Å². The fourth-order valence-electron chi connectivity index (χ4n) is 1.30. The summed E-state index contributed by atoms with van der Waals surface area (Å²) < 4.78 is 1.31. The Morgan fingerprint density at radius 1 is 1.36 bits per heavy atom. The van der Waals surface area contributed by atoms with E-state index in [9.17, 15) is 0 Å². The van der Waals surface area contributed by atoms with E-state index in [1.165, 1.54) is 10.1 Å². The molecule has 1 aromatic heterocycles. The highest BCUT2D eigenvalue weighted by Crippen LogP contribution is 2.24. The van der Waals surface area contributed by atoms with Gasteiger partial charge in [0.2, 0.25) is 0 Å². The van der Waals surface area contributed by atoms with Crippen LogP contribution in [0.4, 0.5) is 0 Å². The molecule has 0 fully saturated rings. The molecule has 0 atom stereocenters. The summed E-state index contributed by atoms with van der Waals surface area (Å²) >= 11 is 1.75. The Morgan fingerprint density at radius 3 is 3.07 bits per heavy atom. The zero-order valence-corrected chi connectivity index (χ0v) is 8.82. The van der Waals surface area contributed by atoms with E-state index in [1.807, 2.05) is 7.05 Å². The summed E-state index contributed by atoms with van der Waals surface area (Å²) in [5.41, 5.74) is 1.14. The van der Waals surface area contributed by atoms with Gasteiger partial charge >= 0.3 is 0 Å². The van der Waals surface area contributed by atoms with Crippen LogP contribution in [0.5, 0.6) is 0 Å². The maximum Gasteiger partial charge on any atom is 0.0577 e. The molecule has 0 aliphatic carbocycles. The third-order valence-electron chi connectivity index (χ3n) is 1.97. The van der Waals surface area contributed by atoms with Crippen molar-refractivity contribution < 1.29 is 0 Å². The van der Waals surface area contributed by atoms with Gasteiger partial charge in [-0.25, -0.2) is 0 Å². The molecule has 0 aliphatic heterocycles. The summed E-state index contributed by atoms with van der Waals surface area (Å²) in [6.45, 7) is 0.740. The van der Waals surface area contributed by atoms with Crippen LogP contribution in [0.2, 0.25) is 0 Å². The molecule has 0 saturated carbocycles. The maximum absolute atomic E-state index is 3.17. The van der Waals surface area contributed by atoms with E-state index in [1.54, 1.807) is 11.3 Å². The summed E-state index contributed by atoms with van der Waals surface area (Å²) in [6, 6.07) is 8.36. The fraction of sp³-hybridized carbons (Fsp3) is 0.167. The minimum absolute atomic E-state index is 0.740. The second kappa shape index (κ2) is 4.28. The van der Waals surface area contributed by atoms with Gasteiger partial charge in [-0.2, -0.15) is 0 Å². The van der Waals surface area contributed by atoms with Crippen molar-refractivity contribution in [2.75, 3.05) is 13.6 Å². The largest absolute Gasteiger partial charge is 0.309 e. The average molecular weight is 201 g/mol. The number of rotatable bonds is 1. The summed E-state index contributed by atoms with van der Waals surface area (Å²) in [4.78, 5) is 0. The Hall–Kier alpha value is -1.30. The molecule has 2 aromatic rings. The van der Waals surface area contributed by atoms with Crippen molar-refractivity contribution in [3.05, 3.63) is 35.2 Å². The van der Waals surface area contributed by atoms with Crippen molar-refractivity contribution in [1.82, 2.24) is 5.32 Å². The molecule has 0 radical (unpaired) electrons. The van der Waals surface area contributed by atoms with Gasteiger partial charge in [0.1, 0.15) is 0 Å². The van der Waals surface area contributed by atoms with Crippen molar-refractivity contribution in [2.24, 2.45) is 0 Å². The Labute approximate surface area is 87.8 Å². The summed E-state index contributed by atoms with van der Waals surface area (Å²) in [5.74, 6) is 6.24. The average Bonchev–Trinajstić information content (AvgIpc) is 2.63. The van der Waals surface area contributed by atoms with Crippen molar-refractivity contribution in [2.45, 2.75) is 0 Å². The molecule has 0 aliphatic rings. The first-order valence-corrected chi connectivity index (χ1v) is 5.39. The Kier molecular flexibility index (Phi) is 2.83. The molecule has 2 rings (SSSR count). The predicted molar refractivity (Wildman–Crippen MR) is 62.6 cm³/mol. The number of hydrogen-bond acceptors (Lipinski definition) is 2. The first kappa shape index (κ1) is 9.26. The molecule has 1 heterocycles. The van der Waals surface area contributed by atoms with Crippen LogP contribution in [0, 0.1) is 11.8 Å². The Bertz CT molecular complexity index is 487. The first-order chi connectivity index (χ1) is 6.92. The van der Waals surface area contributed by atoms with E-state index in [0.29, 0.717) is 0 Å². The summed E-state index contributed by atoms with van der Waals surface area (Å²) in [5, 5.41) is 6.39. The minimum Gasteiger partial charge on any atom is -0.309 e. The van der Waals surface area contributed by atoms with Crippen LogP contribution in [-0.4, -0.2) is 13.6 Å². The van der Waals surface area contributed by atoms with Gasteiger partial charge in [0.25, 0.3) is 0 Å². The minimum atomic E-state index is 0.740. The normalized spacial score (nSPS) is 9.79. The van der Waals surface area contributed by atoms with Crippen molar-refractivity contribution in [1.29, 1.82) is 0 Å². The SMILES string of the molecule is CNCC#Cc1csc2ccccc12. The molecule has 0 amide bonds. The summed E-state index contributed by atoms with van der Waals surface area (Å²) in [6.07, 6.45) is 0. The lowest BCUT2D eigenvalue weighted by molar-refractivity contribution is 0.938. The van der Waals surface area contributed by atoms with Gasteiger partial charge in [0.05, 0.1) is 6.54 Å². The molecule has 70 valence electrons. The van der Waals surface area contributed by atoms with E-state index in [0.717, 1.165) is 12.1 Å². The number of thiophene rings is 1. The number of hydrogen-bond donors (Lipinski definition) is 1. The number of benzene rings is 1. The third-order valence-corrected chi connectivity index (χ3v) is 2.93. The molecule has 0 unspecified atom stereocenters.